The van der Waals surface area contributed by atoms with E-state index in [2.05, 4.69) is 19.2 Å². The summed E-state index contributed by atoms with van der Waals surface area (Å²) in [6.45, 7) is 5.37. The lowest BCUT2D eigenvalue weighted by Gasteiger charge is -2.15. The van der Waals surface area contributed by atoms with Gasteiger partial charge in [0, 0.05) is 13.2 Å². The van der Waals surface area contributed by atoms with Gasteiger partial charge in [0.05, 0.1) is 6.61 Å². The molecule has 0 aliphatic rings. The third kappa shape index (κ3) is 6.62. The van der Waals surface area contributed by atoms with Crippen LogP contribution in [0.15, 0.2) is 0 Å². The van der Waals surface area contributed by atoms with Crippen molar-refractivity contribution in [2.45, 2.75) is 39.2 Å². The largest absolute Gasteiger partial charge is 0.383 e. The second-order valence-corrected chi connectivity index (χ2v) is 3.77. The van der Waals surface area contributed by atoms with E-state index >= 15 is 0 Å². The Kier molecular flexibility index (Phi) is 7.51. The van der Waals surface area contributed by atoms with Gasteiger partial charge in [-0.2, -0.15) is 0 Å². The van der Waals surface area contributed by atoms with Crippen LogP contribution < -0.4 is 5.32 Å². The molecule has 0 aliphatic heterocycles. The second-order valence-electron chi connectivity index (χ2n) is 3.77. The molecule has 0 aromatic heterocycles. The van der Waals surface area contributed by atoms with Crippen molar-refractivity contribution in [2.24, 2.45) is 5.92 Å². The van der Waals surface area contributed by atoms with Crippen LogP contribution >= 0.6 is 0 Å². The molecule has 1 unspecified atom stereocenters. The highest BCUT2D eigenvalue weighted by atomic mass is 16.5. The molecule has 0 aromatic rings. The molecule has 0 spiro atoms. The zero-order valence-electron chi connectivity index (χ0n) is 8.89. The fourth-order valence-corrected chi connectivity index (χ4v) is 1.28. The Morgan fingerprint density at radius 1 is 1.25 bits per heavy atom. The van der Waals surface area contributed by atoms with E-state index in [-0.39, 0.29) is 0 Å². The minimum Gasteiger partial charge on any atom is -0.383 e. The van der Waals surface area contributed by atoms with E-state index < -0.39 is 0 Å². The molecule has 74 valence electrons. The van der Waals surface area contributed by atoms with Gasteiger partial charge < -0.3 is 10.1 Å². The van der Waals surface area contributed by atoms with Crippen LogP contribution in [0.4, 0.5) is 0 Å². The zero-order chi connectivity index (χ0) is 9.40. The first-order valence-corrected chi connectivity index (χ1v) is 4.87. The molecule has 0 aliphatic carbocycles. The van der Waals surface area contributed by atoms with Gasteiger partial charge in [-0.05, 0) is 19.4 Å². The van der Waals surface area contributed by atoms with Gasteiger partial charge in [-0.25, -0.2) is 0 Å². The van der Waals surface area contributed by atoms with Crippen LogP contribution in [-0.2, 0) is 4.74 Å². The predicted molar refractivity (Wildman–Crippen MR) is 53.4 cm³/mol. The standard InChI is InChI=1S/C10H23NO/c1-9(2)6-5-7-10(11-3)8-12-4/h9-11H,5-8H2,1-4H3. The van der Waals surface area contributed by atoms with Gasteiger partial charge in [0.1, 0.15) is 0 Å². The maximum absolute atomic E-state index is 5.09. The topological polar surface area (TPSA) is 21.3 Å². The molecule has 0 bridgehead atoms. The average molecular weight is 173 g/mol. The molecule has 0 fully saturated rings. The summed E-state index contributed by atoms with van der Waals surface area (Å²) < 4.78 is 5.09. The van der Waals surface area contributed by atoms with Crippen molar-refractivity contribution >= 4 is 0 Å². The monoisotopic (exact) mass is 173 g/mol. The number of rotatable bonds is 7. The molecule has 0 heterocycles. The van der Waals surface area contributed by atoms with Gasteiger partial charge in [-0.3, -0.25) is 0 Å². The molecule has 0 amide bonds. The van der Waals surface area contributed by atoms with Crippen molar-refractivity contribution in [3.63, 3.8) is 0 Å². The van der Waals surface area contributed by atoms with E-state index in [0.29, 0.717) is 6.04 Å². The third-order valence-corrected chi connectivity index (χ3v) is 2.11. The van der Waals surface area contributed by atoms with Crippen LogP contribution in [0, 0.1) is 5.92 Å². The van der Waals surface area contributed by atoms with Gasteiger partial charge in [-0.1, -0.05) is 26.7 Å². The van der Waals surface area contributed by atoms with Crippen LogP contribution in [0.2, 0.25) is 0 Å². The molecule has 0 radical (unpaired) electrons. The molecule has 0 saturated heterocycles. The molecule has 0 rings (SSSR count). The highest BCUT2D eigenvalue weighted by molar-refractivity contribution is 4.63. The smallest absolute Gasteiger partial charge is 0.0615 e. The molecule has 1 N–H and O–H groups in total. The summed E-state index contributed by atoms with van der Waals surface area (Å²) in [6, 6.07) is 0.536. The van der Waals surface area contributed by atoms with Crippen LogP contribution in [0.1, 0.15) is 33.1 Å². The maximum Gasteiger partial charge on any atom is 0.0615 e. The minimum atomic E-state index is 0.536. The number of methoxy groups -OCH3 is 1. The van der Waals surface area contributed by atoms with Crippen LogP contribution in [0.25, 0.3) is 0 Å². The van der Waals surface area contributed by atoms with Crippen LogP contribution in [0.3, 0.4) is 0 Å². The zero-order valence-corrected chi connectivity index (χ0v) is 8.89. The number of ether oxygens (including phenoxy) is 1. The molecule has 2 nitrogen and oxygen atoms in total. The Morgan fingerprint density at radius 2 is 1.92 bits per heavy atom. The number of hydrogen-bond donors (Lipinski definition) is 1. The molecular formula is C10H23NO. The Balaban J connectivity index is 3.31. The quantitative estimate of drug-likeness (QED) is 0.636. The third-order valence-electron chi connectivity index (χ3n) is 2.11. The first-order valence-electron chi connectivity index (χ1n) is 4.87. The molecule has 0 aromatic carbocycles. The highest BCUT2D eigenvalue weighted by Gasteiger charge is 2.04. The predicted octanol–water partition coefficient (Wildman–Crippen LogP) is 2.05. The number of hydrogen-bond acceptors (Lipinski definition) is 2. The molecule has 12 heavy (non-hydrogen) atoms. The van der Waals surface area contributed by atoms with E-state index in [4.69, 9.17) is 4.74 Å². The SMILES string of the molecule is CNC(CCCC(C)C)COC. The second kappa shape index (κ2) is 7.56. The number of nitrogens with one attached hydrogen (secondary N) is 1. The van der Waals surface area contributed by atoms with E-state index in [1.807, 2.05) is 7.05 Å². The Bertz CT molecular complexity index is 93.8. The lowest BCUT2D eigenvalue weighted by molar-refractivity contribution is 0.164. The van der Waals surface area contributed by atoms with Crippen LogP contribution in [-0.4, -0.2) is 26.8 Å². The van der Waals surface area contributed by atoms with E-state index in [1.165, 1.54) is 19.3 Å². The lowest BCUT2D eigenvalue weighted by Crippen LogP contribution is -2.29. The summed E-state index contributed by atoms with van der Waals surface area (Å²) in [6.07, 6.45) is 3.84. The first kappa shape index (κ1) is 11.9. The van der Waals surface area contributed by atoms with Gasteiger partial charge in [0.2, 0.25) is 0 Å². The van der Waals surface area contributed by atoms with Crippen molar-refractivity contribution in [1.29, 1.82) is 0 Å². The van der Waals surface area contributed by atoms with Gasteiger partial charge in [0.15, 0.2) is 0 Å². The van der Waals surface area contributed by atoms with Crippen LogP contribution in [0.5, 0.6) is 0 Å². The van der Waals surface area contributed by atoms with Gasteiger partial charge in [0.25, 0.3) is 0 Å². The fraction of sp³-hybridized carbons (Fsp3) is 1.00. The fourth-order valence-electron chi connectivity index (χ4n) is 1.28. The van der Waals surface area contributed by atoms with E-state index in [0.717, 1.165) is 12.5 Å². The maximum atomic E-state index is 5.09. The highest BCUT2D eigenvalue weighted by Crippen LogP contribution is 2.08. The summed E-state index contributed by atoms with van der Waals surface area (Å²) in [5, 5.41) is 3.25. The Morgan fingerprint density at radius 3 is 2.33 bits per heavy atom. The normalized spacial score (nSPS) is 13.8. The molecule has 1 atom stereocenters. The van der Waals surface area contributed by atoms with Gasteiger partial charge >= 0.3 is 0 Å². The average Bonchev–Trinajstić information content (AvgIpc) is 2.02. The molecular weight excluding hydrogens is 150 g/mol. The van der Waals surface area contributed by atoms with Crippen molar-refractivity contribution in [3.8, 4) is 0 Å². The lowest BCUT2D eigenvalue weighted by atomic mass is 10.0. The van der Waals surface area contributed by atoms with Crippen molar-refractivity contribution in [3.05, 3.63) is 0 Å². The molecule has 2 heteroatoms. The van der Waals surface area contributed by atoms with E-state index in [1.54, 1.807) is 7.11 Å². The summed E-state index contributed by atoms with van der Waals surface area (Å²) in [7, 11) is 3.76. The van der Waals surface area contributed by atoms with E-state index in [9.17, 15) is 0 Å². The molecule has 0 saturated carbocycles. The summed E-state index contributed by atoms with van der Waals surface area (Å²) >= 11 is 0. The number of likely N-dealkylation sites (N-methyl/N-ethyl adjacent to an activating group) is 1. The van der Waals surface area contributed by atoms with Crippen molar-refractivity contribution in [1.82, 2.24) is 5.32 Å². The Hall–Kier alpha value is -0.0800. The minimum absolute atomic E-state index is 0.536. The van der Waals surface area contributed by atoms with Gasteiger partial charge in [-0.15, -0.1) is 0 Å². The van der Waals surface area contributed by atoms with Crippen molar-refractivity contribution in [2.75, 3.05) is 20.8 Å². The summed E-state index contributed by atoms with van der Waals surface area (Å²) in [4.78, 5) is 0. The first-order chi connectivity index (χ1) is 5.70. The summed E-state index contributed by atoms with van der Waals surface area (Å²) in [5.74, 6) is 0.824. The van der Waals surface area contributed by atoms with Crippen molar-refractivity contribution < 1.29 is 4.74 Å². The summed E-state index contributed by atoms with van der Waals surface area (Å²) in [5.41, 5.74) is 0. The Labute approximate surface area is 76.7 Å².